The summed E-state index contributed by atoms with van der Waals surface area (Å²) in [6.45, 7) is 0.483. The number of methoxy groups -OCH3 is 1. The molecule has 3 rings (SSSR count). The van der Waals surface area contributed by atoms with Gasteiger partial charge in [-0.05, 0) is 41.5 Å². The normalized spacial score (nSPS) is 21.6. The van der Waals surface area contributed by atoms with Crippen molar-refractivity contribution in [2.45, 2.75) is 12.5 Å². The zero-order valence-electron chi connectivity index (χ0n) is 11.6. The number of carbonyl (C=O) groups is 1. The molecule has 21 heavy (non-hydrogen) atoms. The Hall–Kier alpha value is -1.78. The Morgan fingerprint density at radius 3 is 2.81 bits per heavy atom. The topological polar surface area (TPSA) is 58.6 Å². The van der Waals surface area contributed by atoms with Gasteiger partial charge in [0, 0.05) is 23.2 Å². The number of rotatable bonds is 3. The minimum absolute atomic E-state index is 0.00979. The molecule has 2 aromatic carbocycles. The third kappa shape index (κ3) is 2.69. The first-order valence-corrected chi connectivity index (χ1v) is 7.19. The summed E-state index contributed by atoms with van der Waals surface area (Å²) in [7, 11) is 1.63. The highest BCUT2D eigenvalue weighted by Crippen LogP contribution is 2.36. The second-order valence-corrected chi connectivity index (χ2v) is 5.75. The first-order valence-electron chi connectivity index (χ1n) is 6.82. The van der Waals surface area contributed by atoms with Crippen molar-refractivity contribution in [2.75, 3.05) is 13.7 Å². The third-order valence-electron chi connectivity index (χ3n) is 4.01. The summed E-state index contributed by atoms with van der Waals surface area (Å²) in [6.07, 6.45) is 0.567. The summed E-state index contributed by atoms with van der Waals surface area (Å²) in [6, 6.07) is 9.69. The van der Waals surface area contributed by atoms with Gasteiger partial charge in [0.2, 0.25) is 0 Å². The van der Waals surface area contributed by atoms with Crippen molar-refractivity contribution >= 4 is 28.3 Å². The molecular weight excluding hydrogens is 290 g/mol. The maximum Gasteiger partial charge on any atom is 0.307 e. The fourth-order valence-electron chi connectivity index (χ4n) is 2.88. The van der Waals surface area contributed by atoms with Crippen molar-refractivity contribution < 1.29 is 14.6 Å². The van der Waals surface area contributed by atoms with E-state index in [2.05, 4.69) is 5.32 Å². The molecule has 1 fully saturated rings. The molecule has 0 radical (unpaired) electrons. The fourth-order valence-corrected chi connectivity index (χ4v) is 3.06. The number of hydrogen-bond donors (Lipinski definition) is 2. The van der Waals surface area contributed by atoms with Crippen molar-refractivity contribution in [3.8, 4) is 5.75 Å². The molecule has 0 spiro atoms. The molecule has 1 aliphatic rings. The van der Waals surface area contributed by atoms with Gasteiger partial charge in [-0.25, -0.2) is 0 Å². The van der Waals surface area contributed by atoms with Crippen molar-refractivity contribution in [3.63, 3.8) is 0 Å². The van der Waals surface area contributed by atoms with E-state index in [9.17, 15) is 4.79 Å². The van der Waals surface area contributed by atoms with Gasteiger partial charge in [0.15, 0.2) is 0 Å². The molecule has 1 heterocycles. The van der Waals surface area contributed by atoms with Crippen LogP contribution in [0, 0.1) is 5.92 Å². The average Bonchev–Trinajstić information content (AvgIpc) is 2.95. The van der Waals surface area contributed by atoms with E-state index in [1.165, 1.54) is 0 Å². The SMILES string of the molecule is COc1cc2ccc(Cl)cc2cc1C1CC(C(=O)O)CN1. The van der Waals surface area contributed by atoms with E-state index in [0.717, 1.165) is 22.1 Å². The molecule has 2 unspecified atom stereocenters. The second kappa shape index (κ2) is 5.54. The summed E-state index contributed by atoms with van der Waals surface area (Å²) in [5, 5.41) is 15.1. The summed E-state index contributed by atoms with van der Waals surface area (Å²) in [4.78, 5) is 11.1. The molecule has 1 aliphatic heterocycles. The predicted octanol–water partition coefficient (Wildman–Crippen LogP) is 3.24. The van der Waals surface area contributed by atoms with Crippen molar-refractivity contribution in [1.82, 2.24) is 5.32 Å². The number of carboxylic acids is 1. The van der Waals surface area contributed by atoms with Crippen LogP contribution < -0.4 is 10.1 Å². The summed E-state index contributed by atoms with van der Waals surface area (Å²) >= 11 is 6.04. The molecule has 0 aromatic heterocycles. The van der Waals surface area contributed by atoms with Crippen LogP contribution in [0.5, 0.6) is 5.75 Å². The number of ether oxygens (including phenoxy) is 1. The Balaban J connectivity index is 2.02. The van der Waals surface area contributed by atoms with Gasteiger partial charge in [-0.3, -0.25) is 4.79 Å². The lowest BCUT2D eigenvalue weighted by atomic mass is 9.96. The Morgan fingerprint density at radius 2 is 2.14 bits per heavy atom. The lowest BCUT2D eigenvalue weighted by Crippen LogP contribution is -2.17. The number of carboxylic acid groups (broad SMARTS) is 1. The van der Waals surface area contributed by atoms with Crippen LogP contribution in [-0.2, 0) is 4.79 Å². The zero-order valence-corrected chi connectivity index (χ0v) is 12.4. The van der Waals surface area contributed by atoms with E-state index < -0.39 is 5.97 Å². The highest BCUT2D eigenvalue weighted by molar-refractivity contribution is 6.31. The highest BCUT2D eigenvalue weighted by Gasteiger charge is 2.31. The molecule has 0 aliphatic carbocycles. The smallest absolute Gasteiger partial charge is 0.307 e. The van der Waals surface area contributed by atoms with Gasteiger partial charge >= 0.3 is 5.97 Å². The van der Waals surface area contributed by atoms with Crippen LogP contribution in [0.15, 0.2) is 30.3 Å². The first-order chi connectivity index (χ1) is 10.1. The second-order valence-electron chi connectivity index (χ2n) is 5.32. The van der Waals surface area contributed by atoms with Crippen LogP contribution in [-0.4, -0.2) is 24.7 Å². The number of benzene rings is 2. The van der Waals surface area contributed by atoms with Crippen LogP contribution in [0.4, 0.5) is 0 Å². The van der Waals surface area contributed by atoms with E-state index >= 15 is 0 Å². The number of aliphatic carboxylic acids is 1. The average molecular weight is 306 g/mol. The molecular formula is C16H16ClNO3. The van der Waals surface area contributed by atoms with E-state index in [-0.39, 0.29) is 12.0 Å². The summed E-state index contributed by atoms with van der Waals surface area (Å²) in [5.41, 5.74) is 0.982. The molecule has 0 amide bonds. The van der Waals surface area contributed by atoms with Crippen LogP contribution in [0.3, 0.4) is 0 Å². The van der Waals surface area contributed by atoms with E-state index in [0.29, 0.717) is 18.0 Å². The minimum atomic E-state index is -0.757. The molecule has 0 saturated carbocycles. The molecule has 1 saturated heterocycles. The van der Waals surface area contributed by atoms with Gasteiger partial charge in [0.05, 0.1) is 13.0 Å². The number of halogens is 1. The molecule has 2 aromatic rings. The Labute approximate surface area is 127 Å². The van der Waals surface area contributed by atoms with Gasteiger partial charge in [0.1, 0.15) is 5.75 Å². The summed E-state index contributed by atoms with van der Waals surface area (Å²) < 4.78 is 5.47. The first kappa shape index (κ1) is 14.2. The molecule has 4 nitrogen and oxygen atoms in total. The minimum Gasteiger partial charge on any atom is -0.496 e. The molecule has 0 bridgehead atoms. The number of fused-ring (bicyclic) bond motifs is 1. The lowest BCUT2D eigenvalue weighted by Gasteiger charge is -2.16. The van der Waals surface area contributed by atoms with Gasteiger partial charge in [-0.1, -0.05) is 17.7 Å². The fraction of sp³-hybridized carbons (Fsp3) is 0.312. The largest absolute Gasteiger partial charge is 0.496 e. The van der Waals surface area contributed by atoms with Crippen LogP contribution >= 0.6 is 11.6 Å². The van der Waals surface area contributed by atoms with Gasteiger partial charge in [0.25, 0.3) is 0 Å². The van der Waals surface area contributed by atoms with Gasteiger partial charge in [-0.2, -0.15) is 0 Å². The standard InChI is InChI=1S/C16H16ClNO3/c1-21-15-7-9-2-3-12(17)4-10(9)5-13(15)14-6-11(8-18-14)16(19)20/h2-5,7,11,14,18H,6,8H2,1H3,(H,19,20). The Bertz CT molecular complexity index is 701. The predicted molar refractivity (Wildman–Crippen MR) is 82.0 cm³/mol. The molecule has 2 atom stereocenters. The monoisotopic (exact) mass is 305 g/mol. The van der Waals surface area contributed by atoms with Crippen LogP contribution in [0.2, 0.25) is 5.02 Å². The molecule has 5 heteroatoms. The lowest BCUT2D eigenvalue weighted by molar-refractivity contribution is -0.141. The molecule has 110 valence electrons. The van der Waals surface area contributed by atoms with E-state index in [4.69, 9.17) is 21.4 Å². The summed E-state index contributed by atoms with van der Waals surface area (Å²) in [5.74, 6) is -0.337. The number of hydrogen-bond acceptors (Lipinski definition) is 3. The maximum atomic E-state index is 11.1. The van der Waals surface area contributed by atoms with E-state index in [1.54, 1.807) is 7.11 Å². The van der Waals surface area contributed by atoms with Gasteiger partial charge < -0.3 is 15.2 Å². The maximum absolute atomic E-state index is 11.1. The number of nitrogens with one attached hydrogen (secondary N) is 1. The van der Waals surface area contributed by atoms with Crippen LogP contribution in [0.25, 0.3) is 10.8 Å². The van der Waals surface area contributed by atoms with Gasteiger partial charge in [-0.15, -0.1) is 0 Å². The zero-order chi connectivity index (χ0) is 15.0. The van der Waals surface area contributed by atoms with Crippen molar-refractivity contribution in [1.29, 1.82) is 0 Å². The molecule has 2 N–H and O–H groups in total. The Morgan fingerprint density at radius 1 is 1.33 bits per heavy atom. The Kier molecular flexibility index (Phi) is 3.74. The quantitative estimate of drug-likeness (QED) is 0.914. The van der Waals surface area contributed by atoms with E-state index in [1.807, 2.05) is 30.3 Å². The van der Waals surface area contributed by atoms with Crippen LogP contribution in [0.1, 0.15) is 18.0 Å². The van der Waals surface area contributed by atoms with Crippen molar-refractivity contribution in [3.05, 3.63) is 40.9 Å². The van der Waals surface area contributed by atoms with Crippen molar-refractivity contribution in [2.24, 2.45) is 5.92 Å². The third-order valence-corrected chi connectivity index (χ3v) is 4.24. The highest BCUT2D eigenvalue weighted by atomic mass is 35.5.